The summed E-state index contributed by atoms with van der Waals surface area (Å²) in [5.74, 6) is 1.45. The number of carbonyl (C=O) groups is 1. The van der Waals surface area contributed by atoms with Gasteiger partial charge in [0.1, 0.15) is 17.3 Å². The number of amides is 1. The minimum atomic E-state index is -0.215. The highest BCUT2D eigenvalue weighted by molar-refractivity contribution is 7.17. The molecule has 4 rings (SSSR count). The molecule has 0 bridgehead atoms. The average molecular weight is 459 g/mol. The SMILES string of the molecule is COc1cc(C(=N)N2CCCCC2)ccc1-c1cc(CNC(=O)c2ccc(Cl)s2)on1. The first-order valence-electron chi connectivity index (χ1n) is 10.1. The predicted octanol–water partition coefficient (Wildman–Crippen LogP) is 4.81. The number of hydrogen-bond donors (Lipinski definition) is 2. The van der Waals surface area contributed by atoms with Crippen LogP contribution in [0.2, 0.25) is 4.34 Å². The number of nitrogens with zero attached hydrogens (tertiary/aromatic N) is 2. The molecule has 1 aliphatic rings. The number of hydrogen-bond acceptors (Lipinski definition) is 6. The summed E-state index contributed by atoms with van der Waals surface area (Å²) in [6.45, 7) is 2.04. The molecule has 0 radical (unpaired) electrons. The van der Waals surface area contributed by atoms with Crippen LogP contribution >= 0.6 is 22.9 Å². The van der Waals surface area contributed by atoms with Gasteiger partial charge in [0.25, 0.3) is 5.91 Å². The van der Waals surface area contributed by atoms with E-state index < -0.39 is 0 Å². The molecule has 3 heterocycles. The van der Waals surface area contributed by atoms with Crippen molar-refractivity contribution < 1.29 is 14.1 Å². The maximum absolute atomic E-state index is 12.2. The topological polar surface area (TPSA) is 91.5 Å². The fourth-order valence-corrected chi connectivity index (χ4v) is 4.52. The van der Waals surface area contributed by atoms with E-state index >= 15 is 0 Å². The number of piperidine rings is 1. The van der Waals surface area contributed by atoms with Gasteiger partial charge in [-0.2, -0.15) is 0 Å². The summed E-state index contributed by atoms with van der Waals surface area (Å²) < 4.78 is 11.5. The highest BCUT2D eigenvalue weighted by atomic mass is 35.5. The number of aromatic nitrogens is 1. The zero-order valence-corrected chi connectivity index (χ0v) is 18.7. The van der Waals surface area contributed by atoms with Gasteiger partial charge < -0.3 is 19.5 Å². The van der Waals surface area contributed by atoms with E-state index in [0.29, 0.717) is 32.3 Å². The van der Waals surface area contributed by atoms with Crippen molar-refractivity contribution in [3.8, 4) is 17.0 Å². The van der Waals surface area contributed by atoms with E-state index in [0.717, 1.165) is 37.1 Å². The van der Waals surface area contributed by atoms with Crippen LogP contribution in [0.4, 0.5) is 0 Å². The molecule has 0 atom stereocenters. The number of benzene rings is 1. The number of carbonyl (C=O) groups excluding carboxylic acids is 1. The lowest BCUT2D eigenvalue weighted by atomic mass is 10.0. The van der Waals surface area contributed by atoms with Crippen LogP contribution in [0.15, 0.2) is 40.9 Å². The second-order valence-electron chi connectivity index (χ2n) is 7.28. The van der Waals surface area contributed by atoms with Gasteiger partial charge in [-0.3, -0.25) is 10.2 Å². The summed E-state index contributed by atoms with van der Waals surface area (Å²) in [7, 11) is 1.60. The summed E-state index contributed by atoms with van der Waals surface area (Å²) in [6.07, 6.45) is 3.47. The number of nitrogens with one attached hydrogen (secondary N) is 2. The molecule has 2 N–H and O–H groups in total. The number of halogens is 1. The lowest BCUT2D eigenvalue weighted by Gasteiger charge is -2.29. The van der Waals surface area contributed by atoms with Crippen LogP contribution < -0.4 is 10.1 Å². The minimum absolute atomic E-state index is 0.210. The molecule has 1 saturated heterocycles. The van der Waals surface area contributed by atoms with Gasteiger partial charge in [0.2, 0.25) is 0 Å². The fraction of sp³-hybridized carbons (Fsp3) is 0.318. The molecule has 1 fully saturated rings. The Balaban J connectivity index is 1.46. The molecule has 162 valence electrons. The van der Waals surface area contributed by atoms with Crippen molar-refractivity contribution in [2.24, 2.45) is 0 Å². The third-order valence-electron chi connectivity index (χ3n) is 5.20. The van der Waals surface area contributed by atoms with Crippen molar-refractivity contribution in [1.29, 1.82) is 5.41 Å². The second-order valence-corrected chi connectivity index (χ2v) is 8.99. The zero-order valence-electron chi connectivity index (χ0n) is 17.1. The first-order valence-corrected chi connectivity index (χ1v) is 11.3. The molecule has 7 nitrogen and oxygen atoms in total. The summed E-state index contributed by atoms with van der Waals surface area (Å²) in [4.78, 5) is 14.8. The van der Waals surface area contributed by atoms with Gasteiger partial charge in [0, 0.05) is 30.3 Å². The average Bonchev–Trinajstić information content (AvgIpc) is 3.46. The van der Waals surface area contributed by atoms with E-state index in [4.69, 9.17) is 26.3 Å². The monoisotopic (exact) mass is 458 g/mol. The van der Waals surface area contributed by atoms with E-state index in [1.54, 1.807) is 25.3 Å². The first-order chi connectivity index (χ1) is 15.0. The summed E-state index contributed by atoms with van der Waals surface area (Å²) in [5.41, 5.74) is 2.19. The Labute approximate surface area is 189 Å². The van der Waals surface area contributed by atoms with Gasteiger partial charge in [-0.25, -0.2) is 0 Å². The van der Waals surface area contributed by atoms with Crippen molar-refractivity contribution in [3.05, 3.63) is 56.9 Å². The summed E-state index contributed by atoms with van der Waals surface area (Å²) in [6, 6.07) is 10.8. The van der Waals surface area contributed by atoms with Crippen molar-refractivity contribution in [2.75, 3.05) is 20.2 Å². The number of rotatable bonds is 6. The molecule has 1 aromatic carbocycles. The van der Waals surface area contributed by atoms with E-state index in [1.165, 1.54) is 17.8 Å². The molecule has 31 heavy (non-hydrogen) atoms. The quantitative estimate of drug-likeness (QED) is 0.408. The molecular weight excluding hydrogens is 436 g/mol. The van der Waals surface area contributed by atoms with E-state index in [1.807, 2.05) is 18.2 Å². The Hall–Kier alpha value is -2.84. The van der Waals surface area contributed by atoms with Gasteiger partial charge in [-0.05, 0) is 43.5 Å². The van der Waals surface area contributed by atoms with Crippen LogP contribution in [0, 0.1) is 5.41 Å². The predicted molar refractivity (Wildman–Crippen MR) is 121 cm³/mol. The molecule has 3 aromatic rings. The molecule has 0 unspecified atom stereocenters. The lowest BCUT2D eigenvalue weighted by Crippen LogP contribution is -2.35. The van der Waals surface area contributed by atoms with Gasteiger partial charge in [-0.15, -0.1) is 11.3 Å². The van der Waals surface area contributed by atoms with E-state index in [-0.39, 0.29) is 12.5 Å². The highest BCUT2D eigenvalue weighted by Gasteiger charge is 2.18. The number of likely N-dealkylation sites (tertiary alicyclic amines) is 1. The number of thiophene rings is 1. The highest BCUT2D eigenvalue weighted by Crippen LogP contribution is 2.31. The number of amidine groups is 1. The Kier molecular flexibility index (Phi) is 6.58. The van der Waals surface area contributed by atoms with Crippen LogP contribution in [0.5, 0.6) is 5.75 Å². The van der Waals surface area contributed by atoms with Crippen LogP contribution in [-0.2, 0) is 6.54 Å². The summed E-state index contributed by atoms with van der Waals surface area (Å²) in [5, 5.41) is 15.5. The number of ether oxygens (including phenoxy) is 1. The van der Waals surface area contributed by atoms with Crippen molar-refractivity contribution >= 4 is 34.7 Å². The Morgan fingerprint density at radius 3 is 2.77 bits per heavy atom. The van der Waals surface area contributed by atoms with Gasteiger partial charge in [0.15, 0.2) is 5.76 Å². The van der Waals surface area contributed by atoms with Crippen LogP contribution in [0.25, 0.3) is 11.3 Å². The molecule has 9 heteroatoms. The van der Waals surface area contributed by atoms with Crippen LogP contribution in [-0.4, -0.2) is 42.0 Å². The Morgan fingerprint density at radius 2 is 2.06 bits per heavy atom. The second kappa shape index (κ2) is 9.53. The molecule has 1 amide bonds. The fourth-order valence-electron chi connectivity index (χ4n) is 3.56. The molecule has 0 aliphatic carbocycles. The van der Waals surface area contributed by atoms with Crippen molar-refractivity contribution in [2.45, 2.75) is 25.8 Å². The van der Waals surface area contributed by atoms with Gasteiger partial charge in [0.05, 0.1) is 22.9 Å². The first kappa shape index (κ1) is 21.4. The molecule has 0 spiro atoms. The van der Waals surface area contributed by atoms with Gasteiger partial charge in [-0.1, -0.05) is 22.8 Å². The largest absolute Gasteiger partial charge is 0.496 e. The smallest absolute Gasteiger partial charge is 0.261 e. The van der Waals surface area contributed by atoms with E-state index in [9.17, 15) is 4.79 Å². The maximum atomic E-state index is 12.2. The minimum Gasteiger partial charge on any atom is -0.496 e. The standard InChI is InChI=1S/C22H23ClN4O3S/c1-29-18-11-14(21(24)27-9-3-2-4-10-27)5-6-16(18)17-12-15(30-26-17)13-25-22(28)19-7-8-20(23)31-19/h5-8,11-12,24H,2-4,9-10,13H2,1H3,(H,25,28). The van der Waals surface area contributed by atoms with Crippen molar-refractivity contribution in [3.63, 3.8) is 0 Å². The Morgan fingerprint density at radius 1 is 1.26 bits per heavy atom. The van der Waals surface area contributed by atoms with Crippen LogP contribution in [0.3, 0.4) is 0 Å². The molecule has 0 saturated carbocycles. The number of methoxy groups -OCH3 is 1. The van der Waals surface area contributed by atoms with Gasteiger partial charge >= 0.3 is 0 Å². The summed E-state index contributed by atoms with van der Waals surface area (Å²) >= 11 is 7.10. The maximum Gasteiger partial charge on any atom is 0.261 e. The lowest BCUT2D eigenvalue weighted by molar-refractivity contribution is 0.0951. The molecule has 2 aromatic heterocycles. The van der Waals surface area contributed by atoms with Crippen molar-refractivity contribution in [1.82, 2.24) is 15.4 Å². The van der Waals surface area contributed by atoms with Crippen LogP contribution in [0.1, 0.15) is 40.3 Å². The normalized spacial score (nSPS) is 13.8. The Bertz CT molecular complexity index is 1090. The molecule has 1 aliphatic heterocycles. The third-order valence-corrected chi connectivity index (χ3v) is 6.43. The third kappa shape index (κ3) is 4.91. The molecular formula is C22H23ClN4O3S. The van der Waals surface area contributed by atoms with E-state index in [2.05, 4.69) is 15.4 Å². The zero-order chi connectivity index (χ0) is 21.8.